The molecule has 1 aromatic rings. The lowest BCUT2D eigenvalue weighted by molar-refractivity contribution is -0.0809. The predicted molar refractivity (Wildman–Crippen MR) is 68.7 cm³/mol. The van der Waals surface area contributed by atoms with Crippen molar-refractivity contribution >= 4 is 5.91 Å². The first-order valence-electron chi connectivity index (χ1n) is 6.72. The van der Waals surface area contributed by atoms with Crippen LogP contribution in [-0.4, -0.2) is 43.4 Å². The van der Waals surface area contributed by atoms with E-state index in [-0.39, 0.29) is 29.5 Å². The molecule has 2 aliphatic rings. The van der Waals surface area contributed by atoms with Crippen LogP contribution in [0, 0.1) is 17.7 Å². The van der Waals surface area contributed by atoms with E-state index < -0.39 is 5.82 Å². The van der Waals surface area contributed by atoms with Gasteiger partial charge in [0.2, 0.25) is 0 Å². The van der Waals surface area contributed by atoms with Crippen molar-refractivity contribution in [1.29, 1.82) is 0 Å². The van der Waals surface area contributed by atoms with Crippen LogP contribution in [0.5, 0.6) is 0 Å². The Morgan fingerprint density at radius 2 is 2.45 bits per heavy atom. The van der Waals surface area contributed by atoms with Gasteiger partial charge in [0, 0.05) is 37.8 Å². The van der Waals surface area contributed by atoms with Crippen molar-refractivity contribution in [1.82, 2.24) is 10.3 Å². The van der Waals surface area contributed by atoms with Gasteiger partial charge >= 0.3 is 0 Å². The van der Waals surface area contributed by atoms with Crippen LogP contribution in [0.1, 0.15) is 16.8 Å². The van der Waals surface area contributed by atoms with Gasteiger partial charge in [0.15, 0.2) is 0 Å². The summed E-state index contributed by atoms with van der Waals surface area (Å²) >= 11 is 0. The van der Waals surface area contributed by atoms with Gasteiger partial charge in [-0.2, -0.15) is 0 Å². The second kappa shape index (κ2) is 5.46. The Kier molecular flexibility index (Phi) is 3.67. The molecule has 4 atom stereocenters. The summed E-state index contributed by atoms with van der Waals surface area (Å²) in [6, 6.07) is 1.22. The highest BCUT2D eigenvalue weighted by atomic mass is 19.1. The number of ether oxygens (including phenoxy) is 2. The minimum atomic E-state index is -0.512. The average molecular weight is 280 g/mol. The molecule has 2 fully saturated rings. The summed E-state index contributed by atoms with van der Waals surface area (Å²) in [5, 5.41) is 2.96. The lowest BCUT2D eigenvalue weighted by Crippen LogP contribution is -2.62. The zero-order chi connectivity index (χ0) is 14.1. The molecule has 1 saturated heterocycles. The second-order valence-electron chi connectivity index (χ2n) is 5.30. The number of hydrogen-bond acceptors (Lipinski definition) is 4. The van der Waals surface area contributed by atoms with Crippen LogP contribution in [0.4, 0.5) is 4.39 Å². The highest BCUT2D eigenvalue weighted by Gasteiger charge is 2.54. The third-order valence-corrected chi connectivity index (χ3v) is 4.15. The first-order valence-corrected chi connectivity index (χ1v) is 6.72. The molecule has 0 spiro atoms. The molecule has 1 aromatic heterocycles. The van der Waals surface area contributed by atoms with Gasteiger partial charge in [-0.15, -0.1) is 0 Å². The number of rotatable bonds is 4. The van der Waals surface area contributed by atoms with Crippen LogP contribution >= 0.6 is 0 Å². The third kappa shape index (κ3) is 2.29. The van der Waals surface area contributed by atoms with Gasteiger partial charge < -0.3 is 14.8 Å². The fourth-order valence-electron chi connectivity index (χ4n) is 3.21. The predicted octanol–water partition coefficient (Wildman–Crippen LogP) is 1.00. The molecule has 0 radical (unpaired) electrons. The Bertz CT molecular complexity index is 511. The minimum Gasteiger partial charge on any atom is -0.384 e. The average Bonchev–Trinajstić information content (AvgIpc) is 2.86. The Morgan fingerprint density at radius 1 is 1.60 bits per heavy atom. The summed E-state index contributed by atoms with van der Waals surface area (Å²) in [6.45, 7) is 1.27. The van der Waals surface area contributed by atoms with E-state index in [4.69, 9.17) is 9.47 Å². The van der Waals surface area contributed by atoms with E-state index in [0.29, 0.717) is 12.5 Å². The Balaban J connectivity index is 1.68. The highest BCUT2D eigenvalue weighted by molar-refractivity contribution is 5.94. The van der Waals surface area contributed by atoms with Crippen molar-refractivity contribution in [2.75, 3.05) is 20.3 Å². The van der Waals surface area contributed by atoms with Crippen LogP contribution in [-0.2, 0) is 9.47 Å². The molecule has 0 unspecified atom stereocenters. The maximum absolute atomic E-state index is 13.1. The first-order chi connectivity index (χ1) is 9.70. The van der Waals surface area contributed by atoms with Gasteiger partial charge in [0.1, 0.15) is 5.82 Å². The summed E-state index contributed by atoms with van der Waals surface area (Å²) in [6.07, 6.45) is 3.56. The quantitative estimate of drug-likeness (QED) is 0.894. The number of halogens is 1. The van der Waals surface area contributed by atoms with Crippen LogP contribution in [0.3, 0.4) is 0 Å². The van der Waals surface area contributed by atoms with E-state index in [1.807, 2.05) is 0 Å². The van der Waals surface area contributed by atoms with Gasteiger partial charge in [0.05, 0.1) is 24.5 Å². The van der Waals surface area contributed by atoms with Crippen molar-refractivity contribution in [3.05, 3.63) is 29.8 Å². The van der Waals surface area contributed by atoms with Crippen LogP contribution in [0.15, 0.2) is 18.5 Å². The van der Waals surface area contributed by atoms with Crippen molar-refractivity contribution in [2.24, 2.45) is 11.8 Å². The number of amides is 1. The molecule has 2 heterocycles. The fraction of sp³-hybridized carbons (Fsp3) is 0.571. The number of pyridine rings is 1. The lowest BCUT2D eigenvalue weighted by Gasteiger charge is -2.47. The number of carbonyl (C=O) groups excluding carboxylic acids is 1. The van der Waals surface area contributed by atoms with E-state index in [1.165, 1.54) is 12.3 Å². The number of nitrogens with one attached hydrogen (secondary N) is 1. The zero-order valence-corrected chi connectivity index (χ0v) is 11.2. The number of methoxy groups -OCH3 is 1. The molecule has 1 saturated carbocycles. The van der Waals surface area contributed by atoms with Crippen LogP contribution < -0.4 is 5.32 Å². The normalized spacial score (nSPS) is 31.5. The smallest absolute Gasteiger partial charge is 0.253 e. The van der Waals surface area contributed by atoms with Crippen molar-refractivity contribution in [3.8, 4) is 0 Å². The molecule has 1 amide bonds. The SMILES string of the molecule is COC[C@H]1[C@H](NC(=O)c2cncc(F)c2)[C@H]2CCO[C@H]21. The molecule has 1 aliphatic carbocycles. The number of fused-ring (bicyclic) bond motifs is 1. The van der Waals surface area contributed by atoms with Gasteiger partial charge in [-0.05, 0) is 12.5 Å². The molecule has 1 N–H and O–H groups in total. The standard InChI is InChI=1S/C14H17FN2O3/c1-19-7-11-12(10-2-3-20-13(10)11)17-14(18)8-4-9(15)6-16-5-8/h4-6,10-13H,2-3,7H2,1H3,(H,17,18)/t10-,11+,12-,13-/m1/s1. The van der Waals surface area contributed by atoms with E-state index in [2.05, 4.69) is 10.3 Å². The maximum Gasteiger partial charge on any atom is 0.253 e. The molecule has 5 nitrogen and oxygen atoms in total. The highest BCUT2D eigenvalue weighted by Crippen LogP contribution is 2.43. The molecule has 0 aromatic carbocycles. The van der Waals surface area contributed by atoms with Crippen molar-refractivity contribution in [3.63, 3.8) is 0 Å². The van der Waals surface area contributed by atoms with Gasteiger partial charge in [-0.25, -0.2) is 4.39 Å². The number of hydrogen-bond donors (Lipinski definition) is 1. The molecular weight excluding hydrogens is 263 g/mol. The Labute approximate surface area is 116 Å². The molecule has 1 aliphatic heterocycles. The summed E-state index contributed by atoms with van der Waals surface area (Å²) in [7, 11) is 1.64. The number of nitrogens with zero attached hydrogens (tertiary/aromatic N) is 1. The van der Waals surface area contributed by atoms with Crippen LogP contribution in [0.2, 0.25) is 0 Å². The monoisotopic (exact) mass is 280 g/mol. The van der Waals surface area contributed by atoms with E-state index >= 15 is 0 Å². The summed E-state index contributed by atoms with van der Waals surface area (Å²) in [5.41, 5.74) is 0.239. The molecule has 0 bridgehead atoms. The topological polar surface area (TPSA) is 60.5 Å². The van der Waals surface area contributed by atoms with Crippen molar-refractivity contribution < 1.29 is 18.7 Å². The summed E-state index contributed by atoms with van der Waals surface area (Å²) < 4.78 is 23.9. The van der Waals surface area contributed by atoms with Gasteiger partial charge in [0.25, 0.3) is 5.91 Å². The Hall–Kier alpha value is -1.53. The summed E-state index contributed by atoms with van der Waals surface area (Å²) in [5.74, 6) is -0.311. The minimum absolute atomic E-state index is 0.0261. The van der Waals surface area contributed by atoms with E-state index in [0.717, 1.165) is 19.2 Å². The van der Waals surface area contributed by atoms with Gasteiger partial charge in [-0.1, -0.05) is 0 Å². The molecule has 3 rings (SSSR count). The van der Waals surface area contributed by atoms with Crippen LogP contribution in [0.25, 0.3) is 0 Å². The second-order valence-corrected chi connectivity index (χ2v) is 5.30. The third-order valence-electron chi connectivity index (χ3n) is 4.15. The molecule has 20 heavy (non-hydrogen) atoms. The Morgan fingerprint density at radius 3 is 3.20 bits per heavy atom. The van der Waals surface area contributed by atoms with E-state index in [1.54, 1.807) is 7.11 Å². The lowest BCUT2D eigenvalue weighted by atomic mass is 9.67. The summed E-state index contributed by atoms with van der Waals surface area (Å²) in [4.78, 5) is 15.8. The number of aromatic nitrogens is 1. The fourth-order valence-corrected chi connectivity index (χ4v) is 3.21. The van der Waals surface area contributed by atoms with Crippen molar-refractivity contribution in [2.45, 2.75) is 18.6 Å². The maximum atomic E-state index is 13.1. The number of carbonyl (C=O) groups is 1. The molecular formula is C14H17FN2O3. The largest absolute Gasteiger partial charge is 0.384 e. The molecule has 108 valence electrons. The first kappa shape index (κ1) is 13.5. The van der Waals surface area contributed by atoms with Gasteiger partial charge in [-0.3, -0.25) is 9.78 Å². The zero-order valence-electron chi connectivity index (χ0n) is 11.2. The van der Waals surface area contributed by atoms with E-state index in [9.17, 15) is 9.18 Å². The molecule has 6 heteroatoms.